The maximum Gasteiger partial charge on any atom is 0.191 e. The topological polar surface area (TPSA) is 74.6 Å². The standard InChI is InChI=1S/C12H20N4O/c1-10-7-16(5-6-17-10)11(14)15-9-12(8-13)3-2-4-12/h10H,2-7,9H2,1H3,(H2,14,15). The molecule has 0 aromatic rings. The second kappa shape index (κ2) is 4.92. The fraction of sp³-hybridized carbons (Fsp3) is 0.833. The molecular formula is C12H20N4O. The molecule has 1 unspecified atom stereocenters. The number of nitriles is 1. The van der Waals surface area contributed by atoms with E-state index in [1.807, 2.05) is 11.8 Å². The van der Waals surface area contributed by atoms with Crippen LogP contribution in [-0.2, 0) is 4.74 Å². The van der Waals surface area contributed by atoms with Crippen LogP contribution in [0.5, 0.6) is 0 Å². The first-order valence-electron chi connectivity index (χ1n) is 6.23. The normalized spacial score (nSPS) is 28.4. The molecule has 2 N–H and O–H groups in total. The largest absolute Gasteiger partial charge is 0.375 e. The molecule has 0 amide bonds. The number of morpholine rings is 1. The Morgan fingerprint density at radius 3 is 2.94 bits per heavy atom. The predicted octanol–water partition coefficient (Wildman–Crippen LogP) is 0.716. The van der Waals surface area contributed by atoms with Gasteiger partial charge >= 0.3 is 0 Å². The van der Waals surface area contributed by atoms with E-state index in [0.29, 0.717) is 19.1 Å². The molecule has 1 saturated heterocycles. The van der Waals surface area contributed by atoms with E-state index in [4.69, 9.17) is 15.7 Å². The average Bonchev–Trinajstić information content (AvgIpc) is 2.28. The molecule has 1 aliphatic heterocycles. The number of nitrogens with two attached hydrogens (primary N) is 1. The molecule has 0 radical (unpaired) electrons. The summed E-state index contributed by atoms with van der Waals surface area (Å²) in [5.41, 5.74) is 5.73. The molecule has 94 valence electrons. The third-order valence-electron chi connectivity index (χ3n) is 3.66. The zero-order valence-electron chi connectivity index (χ0n) is 10.4. The van der Waals surface area contributed by atoms with Crippen molar-refractivity contribution in [3.05, 3.63) is 0 Å². The van der Waals surface area contributed by atoms with Crippen LogP contribution >= 0.6 is 0 Å². The Labute approximate surface area is 102 Å². The van der Waals surface area contributed by atoms with E-state index in [1.165, 1.54) is 0 Å². The summed E-state index contributed by atoms with van der Waals surface area (Å²) in [5.74, 6) is 0.557. The predicted molar refractivity (Wildman–Crippen MR) is 65.4 cm³/mol. The fourth-order valence-electron chi connectivity index (χ4n) is 2.27. The van der Waals surface area contributed by atoms with Crippen LogP contribution in [0.3, 0.4) is 0 Å². The van der Waals surface area contributed by atoms with Gasteiger partial charge in [-0.15, -0.1) is 0 Å². The van der Waals surface area contributed by atoms with Crippen molar-refractivity contribution in [3.63, 3.8) is 0 Å². The van der Waals surface area contributed by atoms with Gasteiger partial charge in [0.15, 0.2) is 5.96 Å². The second-order valence-electron chi connectivity index (χ2n) is 5.05. The number of aliphatic imine (C=N–C) groups is 1. The summed E-state index contributed by atoms with van der Waals surface area (Å²) in [6.07, 6.45) is 3.25. The number of hydrogen-bond donors (Lipinski definition) is 1. The summed E-state index contributed by atoms with van der Waals surface area (Å²) in [6.45, 7) is 4.85. The van der Waals surface area contributed by atoms with Crippen LogP contribution in [0.1, 0.15) is 26.2 Å². The molecule has 2 rings (SSSR count). The molecule has 1 atom stereocenters. The summed E-state index contributed by atoms with van der Waals surface area (Å²) in [5, 5.41) is 9.11. The SMILES string of the molecule is CC1CN(C(N)=NCC2(C#N)CCC2)CCO1. The first-order valence-corrected chi connectivity index (χ1v) is 6.23. The molecule has 0 bridgehead atoms. The lowest BCUT2D eigenvalue weighted by molar-refractivity contribution is 0.00521. The van der Waals surface area contributed by atoms with Crippen molar-refractivity contribution in [2.75, 3.05) is 26.2 Å². The molecule has 17 heavy (non-hydrogen) atoms. The van der Waals surface area contributed by atoms with Crippen molar-refractivity contribution in [1.82, 2.24) is 4.90 Å². The van der Waals surface area contributed by atoms with Crippen molar-refractivity contribution >= 4 is 5.96 Å². The highest BCUT2D eigenvalue weighted by molar-refractivity contribution is 5.78. The Morgan fingerprint density at radius 1 is 1.65 bits per heavy atom. The first kappa shape index (κ1) is 12.2. The van der Waals surface area contributed by atoms with Crippen molar-refractivity contribution in [2.45, 2.75) is 32.3 Å². The van der Waals surface area contributed by atoms with Crippen molar-refractivity contribution in [2.24, 2.45) is 16.1 Å². The van der Waals surface area contributed by atoms with Gasteiger partial charge in [-0.1, -0.05) is 6.42 Å². The van der Waals surface area contributed by atoms with Crippen molar-refractivity contribution in [1.29, 1.82) is 5.26 Å². The zero-order valence-corrected chi connectivity index (χ0v) is 10.4. The van der Waals surface area contributed by atoms with Gasteiger partial charge in [0, 0.05) is 13.1 Å². The third-order valence-corrected chi connectivity index (χ3v) is 3.66. The first-order chi connectivity index (χ1) is 8.15. The second-order valence-corrected chi connectivity index (χ2v) is 5.05. The summed E-state index contributed by atoms with van der Waals surface area (Å²) in [4.78, 5) is 6.43. The summed E-state index contributed by atoms with van der Waals surface area (Å²) in [6, 6.07) is 2.38. The van der Waals surface area contributed by atoms with Gasteiger partial charge in [0.1, 0.15) is 0 Å². The van der Waals surface area contributed by atoms with Gasteiger partial charge in [-0.25, -0.2) is 0 Å². The minimum absolute atomic E-state index is 0.200. The third kappa shape index (κ3) is 2.70. The summed E-state index contributed by atoms with van der Waals surface area (Å²) >= 11 is 0. The number of ether oxygens (including phenoxy) is 1. The minimum Gasteiger partial charge on any atom is -0.375 e. The van der Waals surface area contributed by atoms with E-state index in [1.54, 1.807) is 0 Å². The molecule has 1 saturated carbocycles. The van der Waals surface area contributed by atoms with Gasteiger partial charge in [-0.05, 0) is 19.8 Å². The number of hydrogen-bond acceptors (Lipinski definition) is 3. The minimum atomic E-state index is -0.234. The van der Waals surface area contributed by atoms with Gasteiger partial charge in [-0.3, -0.25) is 4.99 Å². The van der Waals surface area contributed by atoms with Gasteiger partial charge in [-0.2, -0.15) is 5.26 Å². The maximum atomic E-state index is 9.11. The molecule has 1 heterocycles. The molecule has 5 heteroatoms. The van der Waals surface area contributed by atoms with Crippen LogP contribution in [0.4, 0.5) is 0 Å². The van der Waals surface area contributed by atoms with E-state index in [9.17, 15) is 0 Å². The quantitative estimate of drug-likeness (QED) is 0.566. The molecular weight excluding hydrogens is 216 g/mol. The number of nitrogens with zero attached hydrogens (tertiary/aromatic N) is 3. The molecule has 0 aromatic heterocycles. The lowest BCUT2D eigenvalue weighted by Gasteiger charge is -2.35. The maximum absolute atomic E-state index is 9.11. The highest BCUT2D eigenvalue weighted by Gasteiger charge is 2.37. The molecule has 1 aliphatic carbocycles. The Kier molecular flexibility index (Phi) is 3.53. The van der Waals surface area contributed by atoms with Crippen LogP contribution in [-0.4, -0.2) is 43.2 Å². The Morgan fingerprint density at radius 2 is 2.41 bits per heavy atom. The highest BCUT2D eigenvalue weighted by atomic mass is 16.5. The average molecular weight is 236 g/mol. The molecule has 5 nitrogen and oxygen atoms in total. The van der Waals surface area contributed by atoms with Crippen molar-refractivity contribution in [3.8, 4) is 6.07 Å². The fourth-order valence-corrected chi connectivity index (χ4v) is 2.27. The van der Waals surface area contributed by atoms with Crippen LogP contribution in [0.2, 0.25) is 0 Å². The molecule has 0 spiro atoms. The molecule has 2 aliphatic rings. The lowest BCUT2D eigenvalue weighted by Crippen LogP contribution is -2.48. The van der Waals surface area contributed by atoms with Crippen molar-refractivity contribution < 1.29 is 4.74 Å². The number of guanidine groups is 1. The Hall–Kier alpha value is -1.28. The highest BCUT2D eigenvalue weighted by Crippen LogP contribution is 2.40. The van der Waals surface area contributed by atoms with Gasteiger partial charge in [0.05, 0.1) is 30.7 Å². The van der Waals surface area contributed by atoms with E-state index in [0.717, 1.165) is 32.4 Å². The van der Waals surface area contributed by atoms with E-state index in [2.05, 4.69) is 11.1 Å². The lowest BCUT2D eigenvalue weighted by atomic mass is 9.70. The van der Waals surface area contributed by atoms with E-state index >= 15 is 0 Å². The van der Waals surface area contributed by atoms with Crippen LogP contribution in [0, 0.1) is 16.7 Å². The summed E-state index contributed by atoms with van der Waals surface area (Å²) < 4.78 is 5.45. The van der Waals surface area contributed by atoms with Crippen LogP contribution < -0.4 is 5.73 Å². The Balaban J connectivity index is 1.90. The van der Waals surface area contributed by atoms with Crippen LogP contribution in [0.15, 0.2) is 4.99 Å². The van der Waals surface area contributed by atoms with E-state index < -0.39 is 0 Å². The monoisotopic (exact) mass is 236 g/mol. The van der Waals surface area contributed by atoms with Gasteiger partial charge in [0.2, 0.25) is 0 Å². The zero-order chi connectivity index (χ0) is 12.3. The molecule has 0 aromatic carbocycles. The summed E-state index contributed by atoms with van der Waals surface area (Å²) in [7, 11) is 0. The number of rotatable bonds is 2. The van der Waals surface area contributed by atoms with Gasteiger partial charge < -0.3 is 15.4 Å². The van der Waals surface area contributed by atoms with Crippen LogP contribution in [0.25, 0.3) is 0 Å². The van der Waals surface area contributed by atoms with E-state index in [-0.39, 0.29) is 11.5 Å². The smallest absolute Gasteiger partial charge is 0.191 e. The molecule has 2 fully saturated rings. The van der Waals surface area contributed by atoms with Gasteiger partial charge in [0.25, 0.3) is 0 Å². The Bertz CT molecular complexity index is 343.